The highest BCUT2D eigenvalue weighted by Gasteiger charge is 2.14. The van der Waals surface area contributed by atoms with Gasteiger partial charge in [-0.25, -0.2) is 0 Å². The summed E-state index contributed by atoms with van der Waals surface area (Å²) in [6.07, 6.45) is 2.51. The topological polar surface area (TPSA) is 41.9 Å². The zero-order chi connectivity index (χ0) is 10.3. The SMILES string of the molecule is C=CCCC(OC)N(C)OC(C)O. The molecule has 0 aromatic rings. The van der Waals surface area contributed by atoms with Gasteiger partial charge < -0.3 is 9.84 Å². The predicted molar refractivity (Wildman–Crippen MR) is 50.8 cm³/mol. The van der Waals surface area contributed by atoms with Crippen LogP contribution in [-0.2, 0) is 9.57 Å². The van der Waals surface area contributed by atoms with E-state index in [9.17, 15) is 0 Å². The Morgan fingerprint density at radius 3 is 2.62 bits per heavy atom. The van der Waals surface area contributed by atoms with Crippen LogP contribution in [0, 0.1) is 0 Å². The zero-order valence-electron chi connectivity index (χ0n) is 8.56. The summed E-state index contributed by atoms with van der Waals surface area (Å²) in [5, 5.41) is 10.5. The van der Waals surface area contributed by atoms with Crippen molar-refractivity contribution in [3.63, 3.8) is 0 Å². The predicted octanol–water partition coefficient (Wildman–Crippen LogP) is 1.13. The molecule has 0 aliphatic carbocycles. The van der Waals surface area contributed by atoms with Gasteiger partial charge in [-0.2, -0.15) is 5.06 Å². The summed E-state index contributed by atoms with van der Waals surface area (Å²) in [6.45, 7) is 5.18. The number of aliphatic hydroxyl groups excluding tert-OH is 1. The second kappa shape index (κ2) is 7.03. The molecule has 0 bridgehead atoms. The molecule has 4 heteroatoms. The van der Waals surface area contributed by atoms with Gasteiger partial charge in [0.05, 0.1) is 0 Å². The largest absolute Gasteiger partial charge is 0.367 e. The lowest BCUT2D eigenvalue weighted by Gasteiger charge is -2.26. The van der Waals surface area contributed by atoms with Crippen LogP contribution in [0.1, 0.15) is 19.8 Å². The van der Waals surface area contributed by atoms with E-state index in [1.54, 1.807) is 21.1 Å². The van der Waals surface area contributed by atoms with E-state index in [0.717, 1.165) is 12.8 Å². The van der Waals surface area contributed by atoms with Crippen LogP contribution in [0.25, 0.3) is 0 Å². The molecule has 4 nitrogen and oxygen atoms in total. The Morgan fingerprint density at radius 2 is 2.23 bits per heavy atom. The Bertz CT molecular complexity index is 139. The van der Waals surface area contributed by atoms with Gasteiger partial charge in [-0.3, -0.25) is 4.84 Å². The minimum Gasteiger partial charge on any atom is -0.367 e. The van der Waals surface area contributed by atoms with Crippen molar-refractivity contribution >= 4 is 0 Å². The molecule has 0 heterocycles. The number of hydroxylamine groups is 2. The Balaban J connectivity index is 3.83. The Labute approximate surface area is 79.7 Å². The molecule has 78 valence electrons. The number of hydrogen-bond acceptors (Lipinski definition) is 4. The molecule has 0 aromatic heterocycles. The van der Waals surface area contributed by atoms with Crippen LogP contribution in [0.5, 0.6) is 0 Å². The quantitative estimate of drug-likeness (QED) is 0.370. The van der Waals surface area contributed by atoms with Crippen LogP contribution in [0.2, 0.25) is 0 Å². The van der Waals surface area contributed by atoms with E-state index < -0.39 is 6.29 Å². The molecule has 0 aliphatic heterocycles. The van der Waals surface area contributed by atoms with Crippen molar-refractivity contribution in [1.82, 2.24) is 5.06 Å². The molecule has 1 N–H and O–H groups in total. The van der Waals surface area contributed by atoms with Gasteiger partial charge in [0.15, 0.2) is 6.29 Å². The maximum atomic E-state index is 8.95. The number of methoxy groups -OCH3 is 1. The average Bonchev–Trinajstić information content (AvgIpc) is 2.04. The van der Waals surface area contributed by atoms with E-state index in [4.69, 9.17) is 14.7 Å². The molecule has 0 radical (unpaired) electrons. The van der Waals surface area contributed by atoms with E-state index in [2.05, 4.69) is 6.58 Å². The highest BCUT2D eigenvalue weighted by atomic mass is 16.8. The van der Waals surface area contributed by atoms with E-state index in [-0.39, 0.29) is 6.23 Å². The molecule has 2 atom stereocenters. The van der Waals surface area contributed by atoms with Crippen molar-refractivity contribution in [2.24, 2.45) is 0 Å². The molecule has 0 aromatic carbocycles. The second-order valence-electron chi connectivity index (χ2n) is 2.81. The minimum atomic E-state index is -0.814. The van der Waals surface area contributed by atoms with Gasteiger partial charge in [0.2, 0.25) is 0 Å². The molecule has 0 rings (SSSR count). The lowest BCUT2D eigenvalue weighted by atomic mass is 10.3. The maximum Gasteiger partial charge on any atom is 0.171 e. The van der Waals surface area contributed by atoms with Gasteiger partial charge in [-0.1, -0.05) is 6.08 Å². The van der Waals surface area contributed by atoms with Gasteiger partial charge in [0.25, 0.3) is 0 Å². The van der Waals surface area contributed by atoms with Crippen molar-refractivity contribution in [2.45, 2.75) is 32.3 Å². The second-order valence-corrected chi connectivity index (χ2v) is 2.81. The molecular weight excluding hydrogens is 170 g/mol. The third-order valence-corrected chi connectivity index (χ3v) is 1.61. The van der Waals surface area contributed by atoms with Crippen molar-refractivity contribution in [3.05, 3.63) is 12.7 Å². The number of hydrogen-bond donors (Lipinski definition) is 1. The summed E-state index contributed by atoms with van der Waals surface area (Å²) in [4.78, 5) is 5.03. The number of aliphatic hydroxyl groups is 1. The first-order chi connectivity index (χ1) is 6.11. The Kier molecular flexibility index (Phi) is 6.80. The summed E-state index contributed by atoms with van der Waals surface area (Å²) in [5.41, 5.74) is 0. The molecule has 0 amide bonds. The summed E-state index contributed by atoms with van der Waals surface area (Å²) in [7, 11) is 3.33. The van der Waals surface area contributed by atoms with Crippen molar-refractivity contribution in [3.8, 4) is 0 Å². The molecule has 13 heavy (non-hydrogen) atoms. The highest BCUT2D eigenvalue weighted by Crippen LogP contribution is 2.07. The normalized spacial score (nSPS) is 15.8. The maximum absolute atomic E-state index is 8.95. The zero-order valence-corrected chi connectivity index (χ0v) is 8.56. The van der Waals surface area contributed by atoms with Crippen molar-refractivity contribution in [1.29, 1.82) is 0 Å². The van der Waals surface area contributed by atoms with Crippen LogP contribution in [-0.4, -0.2) is 36.8 Å². The van der Waals surface area contributed by atoms with Crippen LogP contribution in [0.15, 0.2) is 12.7 Å². The molecule has 0 fully saturated rings. The van der Waals surface area contributed by atoms with Crippen LogP contribution in [0.4, 0.5) is 0 Å². The van der Waals surface area contributed by atoms with Crippen molar-refractivity contribution in [2.75, 3.05) is 14.2 Å². The number of allylic oxidation sites excluding steroid dienone is 1. The van der Waals surface area contributed by atoms with Gasteiger partial charge in [-0.05, 0) is 19.8 Å². The molecule has 0 spiro atoms. The van der Waals surface area contributed by atoms with Crippen molar-refractivity contribution < 1.29 is 14.7 Å². The Morgan fingerprint density at radius 1 is 1.62 bits per heavy atom. The van der Waals surface area contributed by atoms with Gasteiger partial charge in [-0.15, -0.1) is 6.58 Å². The van der Waals surface area contributed by atoms with E-state index in [1.807, 2.05) is 6.08 Å². The fourth-order valence-electron chi connectivity index (χ4n) is 1.02. The standard InChI is InChI=1S/C9H19NO3/c1-5-6-7-9(12-4)10(3)13-8(2)11/h5,8-9,11H,1,6-7H2,2-4H3. The van der Waals surface area contributed by atoms with Gasteiger partial charge in [0.1, 0.15) is 6.23 Å². The molecule has 0 saturated heterocycles. The highest BCUT2D eigenvalue weighted by molar-refractivity contribution is 4.68. The third kappa shape index (κ3) is 5.76. The summed E-state index contributed by atoms with van der Waals surface area (Å²) < 4.78 is 5.16. The fourth-order valence-corrected chi connectivity index (χ4v) is 1.02. The molecular formula is C9H19NO3. The lowest BCUT2D eigenvalue weighted by molar-refractivity contribution is -0.299. The summed E-state index contributed by atoms with van der Waals surface area (Å²) in [5.74, 6) is 0. The number of nitrogens with zero attached hydrogens (tertiary/aromatic N) is 1. The first kappa shape index (κ1) is 12.6. The lowest BCUT2D eigenvalue weighted by Crippen LogP contribution is -2.35. The van der Waals surface area contributed by atoms with E-state index in [0.29, 0.717) is 0 Å². The fraction of sp³-hybridized carbons (Fsp3) is 0.778. The minimum absolute atomic E-state index is 0.146. The van der Waals surface area contributed by atoms with E-state index >= 15 is 0 Å². The van der Waals surface area contributed by atoms with Gasteiger partial charge in [0, 0.05) is 14.2 Å². The Hall–Kier alpha value is -0.420. The first-order valence-electron chi connectivity index (χ1n) is 4.33. The van der Waals surface area contributed by atoms with Gasteiger partial charge >= 0.3 is 0 Å². The third-order valence-electron chi connectivity index (χ3n) is 1.61. The average molecular weight is 189 g/mol. The summed E-state index contributed by atoms with van der Waals surface area (Å²) in [6, 6.07) is 0. The molecule has 2 unspecified atom stereocenters. The van der Waals surface area contributed by atoms with E-state index in [1.165, 1.54) is 5.06 Å². The monoisotopic (exact) mass is 189 g/mol. The van der Waals surface area contributed by atoms with Crippen LogP contribution in [0.3, 0.4) is 0 Å². The number of rotatable bonds is 7. The molecule has 0 saturated carbocycles. The molecule has 0 aliphatic rings. The summed E-state index contributed by atoms with van der Waals surface area (Å²) >= 11 is 0. The number of ether oxygens (including phenoxy) is 1. The van der Waals surface area contributed by atoms with Crippen LogP contribution < -0.4 is 0 Å². The first-order valence-corrected chi connectivity index (χ1v) is 4.33. The smallest absolute Gasteiger partial charge is 0.171 e. The van der Waals surface area contributed by atoms with Crippen LogP contribution >= 0.6 is 0 Å².